The Morgan fingerprint density at radius 2 is 2.18 bits per heavy atom. The summed E-state index contributed by atoms with van der Waals surface area (Å²) in [5.41, 5.74) is 0.401. The van der Waals surface area contributed by atoms with Crippen molar-refractivity contribution in [2.45, 2.75) is 31.6 Å². The number of amides is 1. The molecule has 6 nitrogen and oxygen atoms in total. The van der Waals surface area contributed by atoms with Crippen molar-refractivity contribution in [3.63, 3.8) is 0 Å². The van der Waals surface area contributed by atoms with Crippen molar-refractivity contribution in [1.82, 2.24) is 9.97 Å². The summed E-state index contributed by atoms with van der Waals surface area (Å²) in [6.45, 7) is 0. The number of carbonyl (C=O) groups is 1. The Kier molecular flexibility index (Phi) is 4.89. The minimum atomic E-state index is -2.56. The van der Waals surface area contributed by atoms with Crippen LogP contribution < -0.4 is 10.1 Å². The first kappa shape index (κ1) is 16.1. The fourth-order valence-corrected chi connectivity index (χ4v) is 2.30. The quantitative estimate of drug-likeness (QED) is 0.890. The highest BCUT2D eigenvalue weighted by Gasteiger charge is 2.33. The van der Waals surface area contributed by atoms with Gasteiger partial charge in [0.2, 0.25) is 11.9 Å². The summed E-state index contributed by atoms with van der Waals surface area (Å²) >= 11 is 0. The van der Waals surface area contributed by atoms with Gasteiger partial charge < -0.3 is 9.84 Å². The lowest BCUT2D eigenvalue weighted by Gasteiger charge is -2.26. The van der Waals surface area contributed by atoms with E-state index in [-0.39, 0.29) is 24.7 Å². The van der Waals surface area contributed by atoms with Gasteiger partial charge in [-0.05, 0) is 24.8 Å². The second-order valence-corrected chi connectivity index (χ2v) is 5.13. The zero-order valence-corrected chi connectivity index (χ0v) is 12.1. The van der Waals surface area contributed by atoms with Gasteiger partial charge in [-0.25, -0.2) is 23.5 Å². The molecule has 0 atom stereocenters. The number of ether oxygens (including phenoxy) is 1. The molecule has 1 amide bonds. The second-order valence-electron chi connectivity index (χ2n) is 5.13. The van der Waals surface area contributed by atoms with E-state index in [0.717, 1.165) is 0 Å². The molecular formula is C14H17F2N3O3. The summed E-state index contributed by atoms with van der Waals surface area (Å²) in [5, 5.41) is 10.7. The molecule has 1 aromatic rings. The van der Waals surface area contributed by atoms with Crippen LogP contribution in [0.3, 0.4) is 0 Å². The molecule has 1 aromatic heterocycles. The summed E-state index contributed by atoms with van der Waals surface area (Å²) in [6.07, 6.45) is 4.14. The van der Waals surface area contributed by atoms with Gasteiger partial charge in [-0.2, -0.15) is 0 Å². The van der Waals surface area contributed by atoms with Crippen LogP contribution in [0.4, 0.5) is 19.5 Å². The predicted molar refractivity (Wildman–Crippen MR) is 76.2 cm³/mol. The summed E-state index contributed by atoms with van der Waals surface area (Å²) in [7, 11) is 1.45. The van der Waals surface area contributed by atoms with Gasteiger partial charge >= 0.3 is 6.09 Å². The monoisotopic (exact) mass is 313 g/mol. The number of alkyl halides is 2. The maximum absolute atomic E-state index is 13.1. The number of rotatable bonds is 4. The van der Waals surface area contributed by atoms with Crippen molar-refractivity contribution in [1.29, 1.82) is 0 Å². The maximum atomic E-state index is 13.1. The number of aromatic nitrogens is 2. The fraction of sp³-hybridized carbons (Fsp3) is 0.500. The Balaban J connectivity index is 2.10. The Bertz CT molecular complexity index is 568. The fourth-order valence-electron chi connectivity index (χ4n) is 2.30. The van der Waals surface area contributed by atoms with E-state index in [1.807, 2.05) is 6.08 Å². The molecule has 0 radical (unpaired) electrons. The summed E-state index contributed by atoms with van der Waals surface area (Å²) in [5.74, 6) is -2.19. The molecule has 2 rings (SSSR count). The Morgan fingerprint density at radius 1 is 1.50 bits per heavy atom. The van der Waals surface area contributed by atoms with E-state index in [1.165, 1.54) is 13.3 Å². The van der Waals surface area contributed by atoms with E-state index in [9.17, 15) is 13.6 Å². The zero-order chi connectivity index (χ0) is 16.2. The standard InChI is InChI=1S/C14H17F2N3O3/c1-22-11-8-17-12(19-13(20)21)18-10(11)3-2-9-4-6-14(15,16)7-5-9/h2-3,8-9H,4-7H2,1H3,(H,20,21)(H,17,18,19)/b3-2+. The van der Waals surface area contributed by atoms with Crippen LogP contribution in [0.25, 0.3) is 6.08 Å². The highest BCUT2D eigenvalue weighted by molar-refractivity contribution is 5.80. The summed E-state index contributed by atoms with van der Waals surface area (Å²) in [6, 6.07) is 0. The number of methoxy groups -OCH3 is 1. The van der Waals surface area contributed by atoms with Crippen LogP contribution in [-0.2, 0) is 0 Å². The third kappa shape index (κ3) is 4.37. The minimum Gasteiger partial charge on any atom is -0.493 e. The topological polar surface area (TPSA) is 84.3 Å². The molecule has 0 unspecified atom stereocenters. The molecule has 0 saturated heterocycles. The van der Waals surface area contributed by atoms with Crippen LogP contribution >= 0.6 is 0 Å². The van der Waals surface area contributed by atoms with Crippen molar-refractivity contribution in [2.24, 2.45) is 5.92 Å². The van der Waals surface area contributed by atoms with E-state index in [1.54, 1.807) is 6.08 Å². The molecule has 0 bridgehead atoms. The number of nitrogens with one attached hydrogen (secondary N) is 1. The maximum Gasteiger partial charge on any atom is 0.411 e. The first-order valence-electron chi connectivity index (χ1n) is 6.86. The number of anilines is 1. The van der Waals surface area contributed by atoms with Gasteiger partial charge in [0, 0.05) is 12.8 Å². The van der Waals surface area contributed by atoms with Crippen molar-refractivity contribution in [2.75, 3.05) is 12.4 Å². The Hall–Kier alpha value is -2.25. The number of carboxylic acid groups (broad SMARTS) is 1. The third-order valence-electron chi connectivity index (χ3n) is 3.51. The Morgan fingerprint density at radius 3 is 2.77 bits per heavy atom. The third-order valence-corrected chi connectivity index (χ3v) is 3.51. The van der Waals surface area contributed by atoms with E-state index >= 15 is 0 Å². The lowest BCUT2D eigenvalue weighted by Crippen LogP contribution is -2.23. The molecule has 1 aliphatic rings. The van der Waals surface area contributed by atoms with E-state index in [0.29, 0.717) is 24.3 Å². The summed E-state index contributed by atoms with van der Waals surface area (Å²) < 4.78 is 31.3. The lowest BCUT2D eigenvalue weighted by molar-refractivity contribution is -0.0410. The molecule has 120 valence electrons. The van der Waals surface area contributed by atoms with Gasteiger partial charge in [0.15, 0.2) is 5.75 Å². The van der Waals surface area contributed by atoms with Crippen LogP contribution in [0.1, 0.15) is 31.4 Å². The summed E-state index contributed by atoms with van der Waals surface area (Å²) in [4.78, 5) is 18.4. The van der Waals surface area contributed by atoms with Crippen LogP contribution in [0.2, 0.25) is 0 Å². The van der Waals surface area contributed by atoms with Gasteiger partial charge in [-0.1, -0.05) is 6.08 Å². The van der Waals surface area contributed by atoms with Crippen LogP contribution in [0.15, 0.2) is 12.3 Å². The van der Waals surface area contributed by atoms with Crippen molar-refractivity contribution in [3.05, 3.63) is 18.0 Å². The smallest absolute Gasteiger partial charge is 0.411 e. The average Bonchev–Trinajstić information content (AvgIpc) is 2.46. The lowest BCUT2D eigenvalue weighted by atomic mass is 9.86. The molecule has 0 aliphatic heterocycles. The van der Waals surface area contributed by atoms with Crippen LogP contribution in [0, 0.1) is 5.92 Å². The predicted octanol–water partition coefficient (Wildman–Crippen LogP) is 3.41. The number of nitrogens with zero attached hydrogens (tertiary/aromatic N) is 2. The van der Waals surface area contributed by atoms with Crippen molar-refractivity contribution in [3.8, 4) is 5.75 Å². The van der Waals surface area contributed by atoms with E-state index in [2.05, 4.69) is 15.3 Å². The molecule has 22 heavy (non-hydrogen) atoms. The van der Waals surface area contributed by atoms with Crippen molar-refractivity contribution >= 4 is 18.1 Å². The van der Waals surface area contributed by atoms with Gasteiger partial charge in [0.25, 0.3) is 0 Å². The second kappa shape index (κ2) is 6.67. The largest absolute Gasteiger partial charge is 0.493 e. The van der Waals surface area contributed by atoms with E-state index in [4.69, 9.17) is 9.84 Å². The normalized spacial score (nSPS) is 18.3. The molecule has 2 N–H and O–H groups in total. The Labute approximate surface area is 126 Å². The zero-order valence-electron chi connectivity index (χ0n) is 12.1. The minimum absolute atomic E-state index is 0.0511. The number of hydrogen-bond acceptors (Lipinski definition) is 4. The highest BCUT2D eigenvalue weighted by Crippen LogP contribution is 2.37. The molecule has 1 fully saturated rings. The molecule has 1 saturated carbocycles. The first-order chi connectivity index (χ1) is 10.4. The van der Waals surface area contributed by atoms with Crippen molar-refractivity contribution < 1.29 is 23.4 Å². The van der Waals surface area contributed by atoms with E-state index < -0.39 is 12.0 Å². The SMILES string of the molecule is COc1cnc(NC(=O)O)nc1/C=C/C1CCC(F)(F)CC1. The molecular weight excluding hydrogens is 296 g/mol. The highest BCUT2D eigenvalue weighted by atomic mass is 19.3. The first-order valence-corrected chi connectivity index (χ1v) is 6.86. The molecule has 0 spiro atoms. The number of hydrogen-bond donors (Lipinski definition) is 2. The number of allylic oxidation sites excluding steroid dienone is 1. The molecule has 0 aromatic carbocycles. The van der Waals surface area contributed by atoms with Crippen LogP contribution in [-0.4, -0.2) is 34.2 Å². The van der Waals surface area contributed by atoms with Gasteiger partial charge in [0.1, 0.15) is 5.69 Å². The molecule has 8 heteroatoms. The van der Waals surface area contributed by atoms with Gasteiger partial charge in [-0.3, -0.25) is 5.32 Å². The average molecular weight is 313 g/mol. The number of halogens is 2. The van der Waals surface area contributed by atoms with Crippen LogP contribution in [0.5, 0.6) is 5.75 Å². The van der Waals surface area contributed by atoms with Gasteiger partial charge in [0.05, 0.1) is 13.3 Å². The van der Waals surface area contributed by atoms with Gasteiger partial charge in [-0.15, -0.1) is 0 Å². The molecule has 1 heterocycles. The molecule has 1 aliphatic carbocycles.